The van der Waals surface area contributed by atoms with Crippen LogP contribution in [0.1, 0.15) is 12.6 Å². The molecule has 0 aliphatic heterocycles. The van der Waals surface area contributed by atoms with E-state index in [4.69, 9.17) is 0 Å². The van der Waals surface area contributed by atoms with Crippen molar-refractivity contribution in [2.24, 2.45) is 0 Å². The second kappa shape index (κ2) is 6.31. The van der Waals surface area contributed by atoms with Crippen molar-refractivity contribution >= 4 is 23.5 Å². The lowest BCUT2D eigenvalue weighted by Gasteiger charge is -2.18. The van der Waals surface area contributed by atoms with Gasteiger partial charge in [-0.15, -0.1) is 0 Å². The Morgan fingerprint density at radius 3 is 2.47 bits per heavy atom. The van der Waals surface area contributed by atoms with E-state index in [9.17, 15) is 13.2 Å². The highest BCUT2D eigenvalue weighted by Crippen LogP contribution is 2.30. The lowest BCUT2D eigenvalue weighted by Crippen LogP contribution is -2.22. The summed E-state index contributed by atoms with van der Waals surface area (Å²) in [6.07, 6.45) is -2.55. The van der Waals surface area contributed by atoms with Gasteiger partial charge in [-0.05, 0) is 13.2 Å². The minimum atomic E-state index is -4.48. The van der Waals surface area contributed by atoms with E-state index in [1.807, 2.05) is 13.2 Å². The Morgan fingerprint density at radius 2 is 2.00 bits per heavy atom. The normalized spacial score (nSPS) is 13.2. The molecule has 1 rings (SSSR count). The lowest BCUT2D eigenvalue weighted by molar-refractivity contribution is -0.141. The molecule has 19 heavy (non-hydrogen) atoms. The zero-order valence-corrected chi connectivity index (χ0v) is 12.1. The first-order chi connectivity index (χ1) is 8.74. The number of aromatic nitrogens is 2. The third-order valence-electron chi connectivity index (χ3n) is 2.25. The summed E-state index contributed by atoms with van der Waals surface area (Å²) in [4.78, 5) is 9.10. The first kappa shape index (κ1) is 15.9. The molecule has 108 valence electrons. The van der Waals surface area contributed by atoms with Gasteiger partial charge in [0.25, 0.3) is 0 Å². The summed E-state index contributed by atoms with van der Waals surface area (Å²) in [5.74, 6) is 0.984. The van der Waals surface area contributed by atoms with Gasteiger partial charge in [-0.3, -0.25) is 0 Å². The molecular weight excluding hydrogens is 277 g/mol. The van der Waals surface area contributed by atoms with Crippen LogP contribution in [0.3, 0.4) is 0 Å². The molecule has 0 amide bonds. The van der Waals surface area contributed by atoms with E-state index in [2.05, 4.69) is 15.3 Å². The zero-order valence-electron chi connectivity index (χ0n) is 11.2. The Balaban J connectivity index is 3.07. The van der Waals surface area contributed by atoms with Crippen LogP contribution in [0.2, 0.25) is 0 Å². The van der Waals surface area contributed by atoms with Gasteiger partial charge in [0.05, 0.1) is 0 Å². The maximum Gasteiger partial charge on any atom is 0.433 e. The van der Waals surface area contributed by atoms with Gasteiger partial charge in [0.1, 0.15) is 5.82 Å². The quantitative estimate of drug-likeness (QED) is 0.904. The molecule has 0 spiro atoms. The van der Waals surface area contributed by atoms with Crippen molar-refractivity contribution in [2.45, 2.75) is 19.1 Å². The number of alkyl halides is 3. The van der Waals surface area contributed by atoms with Gasteiger partial charge in [0.15, 0.2) is 5.69 Å². The highest BCUT2D eigenvalue weighted by Gasteiger charge is 2.34. The van der Waals surface area contributed by atoms with Crippen LogP contribution in [0, 0.1) is 0 Å². The molecule has 1 N–H and O–H groups in total. The summed E-state index contributed by atoms with van der Waals surface area (Å²) in [5.41, 5.74) is -0.940. The fourth-order valence-electron chi connectivity index (χ4n) is 1.39. The Bertz CT molecular complexity index is 423. The van der Waals surface area contributed by atoms with E-state index in [-0.39, 0.29) is 17.8 Å². The molecule has 0 saturated carbocycles. The summed E-state index contributed by atoms with van der Waals surface area (Å²) < 4.78 is 38.3. The van der Waals surface area contributed by atoms with Crippen LogP contribution < -0.4 is 10.2 Å². The van der Waals surface area contributed by atoms with Gasteiger partial charge in [-0.1, -0.05) is 0 Å². The van der Waals surface area contributed by atoms with Crippen LogP contribution in [-0.4, -0.2) is 42.1 Å². The van der Waals surface area contributed by atoms with Crippen LogP contribution in [-0.2, 0) is 6.18 Å². The second-order valence-corrected chi connectivity index (χ2v) is 5.24. The van der Waals surface area contributed by atoms with Crippen LogP contribution in [0.5, 0.6) is 0 Å². The molecule has 4 nitrogen and oxygen atoms in total. The molecule has 0 radical (unpaired) electrons. The Morgan fingerprint density at radius 1 is 1.37 bits per heavy atom. The Hall–Kier alpha value is -1.18. The van der Waals surface area contributed by atoms with E-state index >= 15 is 0 Å². The number of nitrogens with zero attached hydrogens (tertiary/aromatic N) is 3. The van der Waals surface area contributed by atoms with Crippen molar-refractivity contribution in [1.82, 2.24) is 9.97 Å². The summed E-state index contributed by atoms with van der Waals surface area (Å²) >= 11 is 1.60. The number of hydrogen-bond donors (Lipinski definition) is 1. The van der Waals surface area contributed by atoms with E-state index < -0.39 is 11.9 Å². The monoisotopic (exact) mass is 294 g/mol. The third kappa shape index (κ3) is 4.77. The molecular formula is C11H17F3N4S. The molecule has 0 aromatic carbocycles. The SMILES string of the molecule is CSCC(C)Nc1nc(N(C)C)cc(C(F)(F)F)n1. The average Bonchev–Trinajstić information content (AvgIpc) is 2.27. The smallest absolute Gasteiger partial charge is 0.363 e. The molecule has 0 bridgehead atoms. The van der Waals surface area contributed by atoms with E-state index in [0.29, 0.717) is 0 Å². The fraction of sp³-hybridized carbons (Fsp3) is 0.636. The maximum atomic E-state index is 12.8. The minimum absolute atomic E-state index is 0.0000694. The molecule has 0 aliphatic carbocycles. The summed E-state index contributed by atoms with van der Waals surface area (Å²) in [5, 5.41) is 2.88. The molecule has 0 saturated heterocycles. The first-order valence-corrected chi connectivity index (χ1v) is 7.02. The predicted molar refractivity (Wildman–Crippen MR) is 72.8 cm³/mol. The number of anilines is 2. The number of rotatable bonds is 5. The predicted octanol–water partition coefficient (Wildman–Crippen LogP) is 2.72. The van der Waals surface area contributed by atoms with Crippen LogP contribution in [0.25, 0.3) is 0 Å². The first-order valence-electron chi connectivity index (χ1n) is 5.63. The third-order valence-corrected chi connectivity index (χ3v) is 3.09. The van der Waals surface area contributed by atoms with E-state index in [1.165, 1.54) is 4.90 Å². The van der Waals surface area contributed by atoms with Crippen LogP contribution in [0.15, 0.2) is 6.07 Å². The van der Waals surface area contributed by atoms with Gasteiger partial charge in [0.2, 0.25) is 5.95 Å². The topological polar surface area (TPSA) is 41.1 Å². The van der Waals surface area contributed by atoms with Crippen LogP contribution in [0.4, 0.5) is 24.9 Å². The molecule has 0 aliphatic rings. The molecule has 1 heterocycles. The average molecular weight is 294 g/mol. The van der Waals surface area contributed by atoms with Gasteiger partial charge in [0, 0.05) is 32.0 Å². The molecule has 1 unspecified atom stereocenters. The molecule has 1 aromatic rings. The van der Waals surface area contributed by atoms with Crippen molar-refractivity contribution in [1.29, 1.82) is 0 Å². The number of nitrogens with one attached hydrogen (secondary N) is 1. The van der Waals surface area contributed by atoms with Crippen molar-refractivity contribution in [3.63, 3.8) is 0 Å². The second-order valence-electron chi connectivity index (χ2n) is 4.33. The van der Waals surface area contributed by atoms with Crippen molar-refractivity contribution < 1.29 is 13.2 Å². The van der Waals surface area contributed by atoms with E-state index in [0.717, 1.165) is 11.8 Å². The number of halogens is 3. The Labute approximate surface area is 114 Å². The summed E-state index contributed by atoms with van der Waals surface area (Å²) in [6, 6.07) is 0.929. The molecule has 1 atom stereocenters. The van der Waals surface area contributed by atoms with Gasteiger partial charge in [-0.25, -0.2) is 4.98 Å². The summed E-state index contributed by atoms with van der Waals surface area (Å²) in [7, 11) is 3.27. The summed E-state index contributed by atoms with van der Waals surface area (Å²) in [6.45, 7) is 1.87. The molecule has 1 aromatic heterocycles. The fourth-order valence-corrected chi connectivity index (χ4v) is 1.97. The number of hydrogen-bond acceptors (Lipinski definition) is 5. The van der Waals surface area contributed by atoms with Crippen molar-refractivity contribution in [2.75, 3.05) is 36.3 Å². The highest BCUT2D eigenvalue weighted by molar-refractivity contribution is 7.98. The minimum Gasteiger partial charge on any atom is -0.363 e. The zero-order chi connectivity index (χ0) is 14.6. The highest BCUT2D eigenvalue weighted by atomic mass is 32.2. The lowest BCUT2D eigenvalue weighted by atomic mass is 10.3. The van der Waals surface area contributed by atoms with Crippen LogP contribution >= 0.6 is 11.8 Å². The van der Waals surface area contributed by atoms with Gasteiger partial charge < -0.3 is 10.2 Å². The van der Waals surface area contributed by atoms with Crippen molar-refractivity contribution in [3.05, 3.63) is 11.8 Å². The number of thioether (sulfide) groups is 1. The molecule has 0 fully saturated rings. The Kier molecular flexibility index (Phi) is 5.28. The standard InChI is InChI=1S/C11H17F3N4S/c1-7(6-19-4)15-10-16-8(11(12,13)14)5-9(17-10)18(2)3/h5,7H,6H2,1-4H3,(H,15,16,17). The largest absolute Gasteiger partial charge is 0.433 e. The van der Waals surface area contributed by atoms with Gasteiger partial charge >= 0.3 is 6.18 Å². The van der Waals surface area contributed by atoms with Gasteiger partial charge in [-0.2, -0.15) is 29.9 Å². The molecule has 8 heteroatoms. The van der Waals surface area contributed by atoms with Crippen molar-refractivity contribution in [3.8, 4) is 0 Å². The van der Waals surface area contributed by atoms with E-state index in [1.54, 1.807) is 25.9 Å². The maximum absolute atomic E-state index is 12.8.